The van der Waals surface area contributed by atoms with Gasteiger partial charge in [-0.1, -0.05) is 18.2 Å². The summed E-state index contributed by atoms with van der Waals surface area (Å²) in [5.41, 5.74) is 1.04. The molecule has 2 aliphatic rings. The van der Waals surface area contributed by atoms with Crippen LogP contribution in [-0.2, 0) is 22.7 Å². The lowest BCUT2D eigenvalue weighted by atomic mass is 10.2. The van der Waals surface area contributed by atoms with Gasteiger partial charge in [0.2, 0.25) is 5.91 Å². The van der Waals surface area contributed by atoms with E-state index in [0.717, 1.165) is 10.5 Å². The summed E-state index contributed by atoms with van der Waals surface area (Å²) in [4.78, 5) is 22.2. The van der Waals surface area contributed by atoms with Crippen molar-refractivity contribution < 1.29 is 14.1 Å². The van der Waals surface area contributed by atoms with Gasteiger partial charge in [-0.3, -0.25) is 4.79 Å². The van der Waals surface area contributed by atoms with Crippen LogP contribution in [0.1, 0.15) is 12.5 Å². The number of nitrogens with zero attached hydrogens (tertiary/aromatic N) is 4. The third-order valence-electron chi connectivity index (χ3n) is 4.11. The van der Waals surface area contributed by atoms with Gasteiger partial charge in [-0.05, 0) is 6.07 Å². The lowest BCUT2D eigenvalue weighted by molar-refractivity contribution is -0.137. The quantitative estimate of drug-likeness (QED) is 0.777. The molecule has 124 valence electrons. The lowest BCUT2D eigenvalue weighted by Gasteiger charge is -2.37. The topological polar surface area (TPSA) is 81.6 Å². The van der Waals surface area contributed by atoms with E-state index >= 15 is 0 Å². The van der Waals surface area contributed by atoms with E-state index in [1.807, 2.05) is 24.3 Å². The first-order valence-electron chi connectivity index (χ1n) is 7.64. The number of carbonyl (C=O) groups excluding carboxylic acids is 1. The maximum atomic E-state index is 12.6. The third-order valence-corrected chi connectivity index (χ3v) is 5.61. The monoisotopic (exact) mass is 344 g/mol. The summed E-state index contributed by atoms with van der Waals surface area (Å²) in [6.07, 6.45) is 1.50. The van der Waals surface area contributed by atoms with Crippen LogP contribution in [0.2, 0.25) is 0 Å². The third kappa shape index (κ3) is 2.67. The Morgan fingerprint density at radius 3 is 2.88 bits per heavy atom. The Morgan fingerprint density at radius 2 is 2.12 bits per heavy atom. The van der Waals surface area contributed by atoms with Crippen molar-refractivity contribution in [3.05, 3.63) is 42.1 Å². The number of rotatable bonds is 3. The molecule has 0 saturated carbocycles. The van der Waals surface area contributed by atoms with Gasteiger partial charge in [-0.25, -0.2) is 4.98 Å². The number of carbonyl (C=O) groups is 1. The maximum absolute atomic E-state index is 12.6. The Bertz CT molecular complexity index is 781. The number of fused-ring (bicyclic) bond motifs is 1. The van der Waals surface area contributed by atoms with Crippen LogP contribution < -0.4 is 9.04 Å². The Hall–Kier alpha value is -2.32. The molecule has 1 fully saturated rings. The minimum Gasteiger partial charge on any atom is -0.588 e. The van der Waals surface area contributed by atoms with E-state index in [4.69, 9.17) is 4.74 Å². The van der Waals surface area contributed by atoms with Gasteiger partial charge in [0.05, 0.1) is 19.6 Å². The number of aromatic nitrogens is 2. The summed E-state index contributed by atoms with van der Waals surface area (Å²) < 4.78 is 20.0. The van der Waals surface area contributed by atoms with Gasteiger partial charge < -0.3 is 14.2 Å². The van der Waals surface area contributed by atoms with Gasteiger partial charge >= 0.3 is 6.01 Å². The Kier molecular flexibility index (Phi) is 3.78. The van der Waals surface area contributed by atoms with Crippen molar-refractivity contribution >= 4 is 23.1 Å². The van der Waals surface area contributed by atoms with Gasteiger partial charge in [0.15, 0.2) is 10.7 Å². The fourth-order valence-electron chi connectivity index (χ4n) is 2.75. The van der Waals surface area contributed by atoms with Gasteiger partial charge in [-0.2, -0.15) is 9.29 Å². The zero-order valence-electron chi connectivity index (χ0n) is 13.1. The smallest absolute Gasteiger partial charge is 0.318 e. The summed E-state index contributed by atoms with van der Waals surface area (Å²) >= 11 is -1.27. The predicted octanol–water partition coefficient (Wildman–Crippen LogP) is 1.13. The Labute approximate surface area is 142 Å². The van der Waals surface area contributed by atoms with Crippen molar-refractivity contribution in [2.45, 2.75) is 24.5 Å². The second-order valence-corrected chi connectivity index (χ2v) is 7.13. The maximum Gasteiger partial charge on any atom is 0.318 e. The standard InChI is InChI=1S/C16H16N4O3S/c1-11(21)19-9-13(10-19)23-16-17-7-6-15(18-16)20-8-12-4-2-3-5-14(12)24(20)22/h2-7,13H,8-10H2,1H3. The molecule has 1 unspecified atom stereocenters. The number of likely N-dealkylation sites (tertiary alicyclic amines) is 1. The predicted molar refractivity (Wildman–Crippen MR) is 87.7 cm³/mol. The number of hydrogen-bond donors (Lipinski definition) is 0. The molecule has 2 aliphatic heterocycles. The second kappa shape index (κ2) is 5.95. The highest BCUT2D eigenvalue weighted by atomic mass is 32.2. The van der Waals surface area contributed by atoms with E-state index in [0.29, 0.717) is 25.5 Å². The summed E-state index contributed by atoms with van der Waals surface area (Å²) in [6.45, 7) is 3.17. The SMILES string of the molecule is CC(=O)N1CC(Oc2nccc(N3Cc4ccccc4[S+]3[O-])n2)C1. The molecule has 1 amide bonds. The highest BCUT2D eigenvalue weighted by Gasteiger charge is 2.35. The fourth-order valence-corrected chi connectivity index (χ4v) is 4.07. The van der Waals surface area contributed by atoms with Crippen LogP contribution >= 0.6 is 0 Å². The van der Waals surface area contributed by atoms with Crippen LogP contribution in [-0.4, -0.2) is 44.5 Å². The molecule has 0 bridgehead atoms. The summed E-state index contributed by atoms with van der Waals surface area (Å²) in [5.74, 6) is 0.604. The van der Waals surface area contributed by atoms with Crippen molar-refractivity contribution in [1.29, 1.82) is 0 Å². The van der Waals surface area contributed by atoms with E-state index in [1.54, 1.807) is 21.5 Å². The van der Waals surface area contributed by atoms with E-state index in [2.05, 4.69) is 9.97 Å². The summed E-state index contributed by atoms with van der Waals surface area (Å²) in [6, 6.07) is 9.62. The van der Waals surface area contributed by atoms with Crippen molar-refractivity contribution in [2.24, 2.45) is 0 Å². The van der Waals surface area contributed by atoms with Crippen molar-refractivity contribution in [2.75, 3.05) is 17.4 Å². The van der Waals surface area contributed by atoms with Crippen LogP contribution in [0.3, 0.4) is 0 Å². The molecule has 4 rings (SSSR count). The number of amides is 1. The molecule has 1 aromatic carbocycles. The molecule has 1 atom stereocenters. The van der Waals surface area contributed by atoms with Crippen LogP contribution in [0.25, 0.3) is 0 Å². The highest BCUT2D eigenvalue weighted by Crippen LogP contribution is 2.33. The van der Waals surface area contributed by atoms with E-state index in [-0.39, 0.29) is 18.0 Å². The molecule has 8 heteroatoms. The second-order valence-electron chi connectivity index (χ2n) is 5.75. The first kappa shape index (κ1) is 15.2. The molecule has 1 saturated heterocycles. The van der Waals surface area contributed by atoms with Crippen LogP contribution in [0.15, 0.2) is 41.4 Å². The molecular weight excluding hydrogens is 328 g/mol. The number of ether oxygens (including phenoxy) is 1. The molecule has 3 heterocycles. The van der Waals surface area contributed by atoms with Gasteiger partial charge in [0.25, 0.3) is 0 Å². The minimum atomic E-state index is -1.27. The van der Waals surface area contributed by atoms with Gasteiger partial charge in [-0.15, -0.1) is 0 Å². The van der Waals surface area contributed by atoms with Gasteiger partial charge in [0.1, 0.15) is 17.5 Å². The Balaban J connectivity index is 1.47. The number of anilines is 1. The molecule has 0 radical (unpaired) electrons. The van der Waals surface area contributed by atoms with E-state index in [1.165, 1.54) is 6.92 Å². The normalized spacial score (nSPS) is 19.8. The molecule has 7 nitrogen and oxygen atoms in total. The van der Waals surface area contributed by atoms with Crippen molar-refractivity contribution in [3.63, 3.8) is 0 Å². The number of hydrogen-bond acceptors (Lipinski definition) is 6. The zero-order chi connectivity index (χ0) is 16.7. The summed E-state index contributed by atoms with van der Waals surface area (Å²) in [7, 11) is 0. The van der Waals surface area contributed by atoms with Crippen molar-refractivity contribution in [3.8, 4) is 6.01 Å². The van der Waals surface area contributed by atoms with Gasteiger partial charge in [0, 0.05) is 24.8 Å². The van der Waals surface area contributed by atoms with Crippen LogP contribution in [0, 0.1) is 0 Å². The Morgan fingerprint density at radius 1 is 1.33 bits per heavy atom. The zero-order valence-corrected chi connectivity index (χ0v) is 13.9. The van der Waals surface area contributed by atoms with Crippen LogP contribution in [0.4, 0.5) is 5.82 Å². The number of benzene rings is 1. The molecular formula is C16H16N4O3S. The molecule has 2 aromatic rings. The van der Waals surface area contributed by atoms with E-state index < -0.39 is 11.4 Å². The first-order valence-corrected chi connectivity index (χ1v) is 8.75. The molecule has 0 N–H and O–H groups in total. The van der Waals surface area contributed by atoms with E-state index in [9.17, 15) is 9.35 Å². The van der Waals surface area contributed by atoms with Crippen molar-refractivity contribution in [1.82, 2.24) is 14.9 Å². The minimum absolute atomic E-state index is 0.0368. The molecule has 0 spiro atoms. The fraction of sp³-hybridized carbons (Fsp3) is 0.312. The van der Waals surface area contributed by atoms with Crippen LogP contribution in [0.5, 0.6) is 6.01 Å². The molecule has 0 aliphatic carbocycles. The highest BCUT2D eigenvalue weighted by molar-refractivity contribution is 7.93. The molecule has 24 heavy (non-hydrogen) atoms. The average Bonchev–Trinajstić information content (AvgIpc) is 2.88. The average molecular weight is 344 g/mol. The molecule has 1 aromatic heterocycles. The lowest BCUT2D eigenvalue weighted by Crippen LogP contribution is -2.55. The largest absolute Gasteiger partial charge is 0.588 e. The summed E-state index contributed by atoms with van der Waals surface area (Å²) in [5, 5.41) is 0. The first-order chi connectivity index (χ1) is 11.6.